The summed E-state index contributed by atoms with van der Waals surface area (Å²) < 4.78 is 69.6. The Morgan fingerprint density at radius 2 is 1.62 bits per heavy atom. The van der Waals surface area contributed by atoms with Crippen LogP contribution in [-0.2, 0) is 30.5 Å². The van der Waals surface area contributed by atoms with Crippen LogP contribution in [0.1, 0.15) is 31.2 Å². The number of rotatable bonds is 3. The van der Waals surface area contributed by atoms with E-state index in [9.17, 15) is 31.1 Å². The van der Waals surface area contributed by atoms with E-state index in [1.54, 1.807) is 6.20 Å². The van der Waals surface area contributed by atoms with Gasteiger partial charge in [-0.3, -0.25) is 19.5 Å². The van der Waals surface area contributed by atoms with Crippen LogP contribution in [0.25, 0.3) is 0 Å². The lowest BCUT2D eigenvalue weighted by Crippen LogP contribution is -2.48. The highest BCUT2D eigenvalue weighted by Gasteiger charge is 2.43. The molecular formula is C21H25F6N3O7. The number of hydrogen-bond donors (Lipinski definition) is 2. The molecule has 0 aromatic carbocycles. The first-order valence-corrected chi connectivity index (χ1v) is 11.0. The van der Waals surface area contributed by atoms with Crippen LogP contribution in [0.4, 0.5) is 26.3 Å². The highest BCUT2D eigenvalue weighted by molar-refractivity contribution is 5.80. The monoisotopic (exact) mass is 545 g/mol. The van der Waals surface area contributed by atoms with E-state index in [0.29, 0.717) is 19.2 Å². The number of pyridine rings is 1. The highest BCUT2D eigenvalue weighted by Crippen LogP contribution is 2.33. The van der Waals surface area contributed by atoms with E-state index in [4.69, 9.17) is 29.4 Å². The molecule has 3 aliphatic heterocycles. The number of carbonyl (C=O) groups is 3. The Balaban J connectivity index is 0.000000286. The Labute approximate surface area is 206 Å². The number of carboxylic acid groups (broad SMARTS) is 2. The topological polar surface area (TPSA) is 129 Å². The fourth-order valence-corrected chi connectivity index (χ4v) is 3.90. The normalized spacial score (nSPS) is 23.7. The van der Waals surface area contributed by atoms with Crippen molar-refractivity contribution in [2.75, 3.05) is 19.7 Å². The van der Waals surface area contributed by atoms with Crippen molar-refractivity contribution in [1.82, 2.24) is 14.9 Å². The standard InChI is InChI=1S/C17H23N3O3.2C2HF3O2/c21-17(20-8-2-10-22-20)16-5-4-14-15(23-16)6-9-19(14)12-13-3-1-7-18-11-13;2*3-2(4,5)1(6)7/h1,3,7,11,14-16H,2,4-6,8-10,12H2;2*(H,6,7)/t14-,15-,16-;;/m1../s1. The molecule has 3 fully saturated rings. The molecule has 10 nitrogen and oxygen atoms in total. The number of aliphatic carboxylic acids is 2. The number of nitrogens with zero attached hydrogens (tertiary/aromatic N) is 3. The Kier molecular flexibility index (Phi) is 10.6. The Hall–Kier alpha value is -2.98. The van der Waals surface area contributed by atoms with E-state index in [-0.39, 0.29) is 18.1 Å². The molecule has 1 aromatic rings. The molecule has 1 amide bonds. The number of amides is 1. The van der Waals surface area contributed by atoms with Crippen molar-refractivity contribution >= 4 is 17.8 Å². The lowest BCUT2D eigenvalue weighted by molar-refractivity contribution is -0.193. The first-order valence-electron chi connectivity index (χ1n) is 11.0. The predicted octanol–water partition coefficient (Wildman–Crippen LogP) is 2.63. The number of hydrogen-bond acceptors (Lipinski definition) is 7. The van der Waals surface area contributed by atoms with Gasteiger partial charge >= 0.3 is 24.3 Å². The number of aromatic nitrogens is 1. The van der Waals surface area contributed by atoms with Crippen LogP contribution in [0.3, 0.4) is 0 Å². The fourth-order valence-electron chi connectivity index (χ4n) is 3.90. The molecule has 2 N–H and O–H groups in total. The molecule has 4 rings (SSSR count). The predicted molar refractivity (Wildman–Crippen MR) is 111 cm³/mol. The van der Waals surface area contributed by atoms with Crippen molar-refractivity contribution in [3.05, 3.63) is 30.1 Å². The van der Waals surface area contributed by atoms with E-state index in [2.05, 4.69) is 16.0 Å². The Morgan fingerprint density at radius 1 is 1.00 bits per heavy atom. The molecule has 0 aliphatic carbocycles. The van der Waals surface area contributed by atoms with Crippen LogP contribution in [-0.4, -0.2) is 93.3 Å². The highest BCUT2D eigenvalue weighted by atomic mass is 19.4. The van der Waals surface area contributed by atoms with Crippen LogP contribution in [0.5, 0.6) is 0 Å². The number of halogens is 6. The number of alkyl halides is 6. The smallest absolute Gasteiger partial charge is 0.475 e. The summed E-state index contributed by atoms with van der Waals surface area (Å²) in [5.74, 6) is -5.51. The van der Waals surface area contributed by atoms with Gasteiger partial charge in [-0.1, -0.05) is 6.07 Å². The third kappa shape index (κ3) is 9.44. The summed E-state index contributed by atoms with van der Waals surface area (Å²) in [6, 6.07) is 4.50. The summed E-state index contributed by atoms with van der Waals surface area (Å²) in [5.41, 5.74) is 1.23. The van der Waals surface area contributed by atoms with Gasteiger partial charge in [-0.05, 0) is 37.3 Å². The summed E-state index contributed by atoms with van der Waals surface area (Å²) in [7, 11) is 0. The summed E-state index contributed by atoms with van der Waals surface area (Å²) in [5, 5.41) is 15.7. The maximum absolute atomic E-state index is 12.4. The van der Waals surface area contributed by atoms with Crippen LogP contribution in [0.15, 0.2) is 24.5 Å². The third-order valence-corrected chi connectivity index (χ3v) is 5.53. The van der Waals surface area contributed by atoms with E-state index in [1.165, 1.54) is 10.6 Å². The van der Waals surface area contributed by atoms with Gasteiger partial charge in [0.05, 0.1) is 19.3 Å². The zero-order chi connectivity index (χ0) is 27.8. The first kappa shape index (κ1) is 30.2. The quantitative estimate of drug-likeness (QED) is 0.551. The molecule has 1 aromatic heterocycles. The van der Waals surface area contributed by atoms with Gasteiger partial charge in [0.15, 0.2) is 0 Å². The number of likely N-dealkylation sites (tertiary alicyclic amines) is 1. The Morgan fingerprint density at radius 3 is 2.11 bits per heavy atom. The van der Waals surface area contributed by atoms with Crippen LogP contribution < -0.4 is 0 Å². The van der Waals surface area contributed by atoms with Crippen molar-refractivity contribution < 1.29 is 60.5 Å². The largest absolute Gasteiger partial charge is 0.490 e. The average molecular weight is 545 g/mol. The van der Waals surface area contributed by atoms with Gasteiger partial charge in [-0.2, -0.15) is 26.3 Å². The van der Waals surface area contributed by atoms with Crippen molar-refractivity contribution in [3.8, 4) is 0 Å². The molecule has 0 spiro atoms. The summed E-state index contributed by atoms with van der Waals surface area (Å²) in [6.07, 6.45) is -2.90. The first-order chi connectivity index (χ1) is 17.2. The lowest BCUT2D eigenvalue weighted by Gasteiger charge is -2.36. The summed E-state index contributed by atoms with van der Waals surface area (Å²) in [6.45, 7) is 3.26. The summed E-state index contributed by atoms with van der Waals surface area (Å²) >= 11 is 0. The van der Waals surface area contributed by atoms with Crippen LogP contribution in [0, 0.1) is 0 Å². The minimum atomic E-state index is -5.08. The molecular weight excluding hydrogens is 520 g/mol. The number of ether oxygens (including phenoxy) is 1. The maximum Gasteiger partial charge on any atom is 0.490 e. The number of fused-ring (bicyclic) bond motifs is 1. The zero-order valence-corrected chi connectivity index (χ0v) is 19.2. The van der Waals surface area contributed by atoms with Gasteiger partial charge in [0.25, 0.3) is 5.91 Å². The fraction of sp³-hybridized carbons (Fsp3) is 0.619. The molecule has 0 bridgehead atoms. The van der Waals surface area contributed by atoms with Gasteiger partial charge < -0.3 is 14.9 Å². The van der Waals surface area contributed by atoms with Crippen molar-refractivity contribution in [1.29, 1.82) is 0 Å². The van der Waals surface area contributed by atoms with Crippen LogP contribution >= 0.6 is 0 Å². The van der Waals surface area contributed by atoms with Crippen molar-refractivity contribution in [2.45, 2.75) is 62.8 Å². The number of hydroxylamine groups is 2. The van der Waals surface area contributed by atoms with E-state index >= 15 is 0 Å². The molecule has 0 radical (unpaired) electrons. The lowest BCUT2D eigenvalue weighted by atomic mass is 9.98. The molecule has 208 valence electrons. The van der Waals surface area contributed by atoms with E-state index in [1.807, 2.05) is 12.3 Å². The number of carbonyl (C=O) groups excluding carboxylic acids is 1. The van der Waals surface area contributed by atoms with Crippen molar-refractivity contribution in [3.63, 3.8) is 0 Å². The third-order valence-electron chi connectivity index (χ3n) is 5.53. The molecule has 3 saturated heterocycles. The number of carboxylic acids is 2. The van der Waals surface area contributed by atoms with Crippen LogP contribution in [0.2, 0.25) is 0 Å². The van der Waals surface area contributed by atoms with E-state index < -0.39 is 24.3 Å². The molecule has 4 heterocycles. The molecule has 0 unspecified atom stereocenters. The van der Waals surface area contributed by atoms with Crippen molar-refractivity contribution in [2.24, 2.45) is 0 Å². The SMILES string of the molecule is O=C(O)C(F)(F)F.O=C(O)C(F)(F)F.O=C([C@H]1CC[C@@H]2[C@@H](CCN2Cc2cccnc2)O1)N1CCCO1. The zero-order valence-electron chi connectivity index (χ0n) is 19.2. The second kappa shape index (κ2) is 13.0. The van der Waals surface area contributed by atoms with Gasteiger partial charge in [-0.25, -0.2) is 14.7 Å². The molecule has 3 atom stereocenters. The van der Waals surface area contributed by atoms with Gasteiger partial charge in [0.2, 0.25) is 0 Å². The average Bonchev–Trinajstić information content (AvgIpc) is 3.49. The maximum atomic E-state index is 12.4. The van der Waals surface area contributed by atoms with Gasteiger partial charge in [0, 0.05) is 31.5 Å². The molecule has 0 saturated carbocycles. The second-order valence-corrected chi connectivity index (χ2v) is 8.16. The summed E-state index contributed by atoms with van der Waals surface area (Å²) in [4.78, 5) is 42.2. The Bertz CT molecular complexity index is 886. The molecule has 16 heteroatoms. The minimum absolute atomic E-state index is 0.00617. The van der Waals surface area contributed by atoms with Gasteiger partial charge in [-0.15, -0.1) is 0 Å². The molecule has 3 aliphatic rings. The van der Waals surface area contributed by atoms with Gasteiger partial charge in [0.1, 0.15) is 6.10 Å². The minimum Gasteiger partial charge on any atom is -0.475 e. The molecule has 37 heavy (non-hydrogen) atoms. The van der Waals surface area contributed by atoms with E-state index in [0.717, 1.165) is 38.8 Å². The second-order valence-electron chi connectivity index (χ2n) is 8.16.